The molecule has 19 heavy (non-hydrogen) atoms. The first-order valence-corrected chi connectivity index (χ1v) is 7.21. The number of aromatic nitrogens is 1. The molecule has 2 nitrogen and oxygen atoms in total. The molecular weight excluding hydrogens is 329 g/mol. The molecule has 0 fully saturated rings. The highest BCUT2D eigenvalue weighted by atomic mass is 79.9. The Balaban J connectivity index is 2.34. The Hall–Kier alpha value is -1.46. The standard InChI is InChI=1S/C14H9BrFNOS/c1-8-6-10(15)11(16)7-12(8)17-14(18)9-4-2-3-5-13(9)19-17/h2-7H,1H3. The SMILES string of the molecule is Cc1cc(Br)c(F)cc1-n1sc2ccccc2c1=O. The van der Waals surface area contributed by atoms with E-state index in [2.05, 4.69) is 15.9 Å². The van der Waals surface area contributed by atoms with Gasteiger partial charge < -0.3 is 0 Å². The number of hydrogen-bond acceptors (Lipinski definition) is 2. The van der Waals surface area contributed by atoms with Crippen LogP contribution in [0.4, 0.5) is 4.39 Å². The van der Waals surface area contributed by atoms with Crippen molar-refractivity contribution in [3.63, 3.8) is 0 Å². The summed E-state index contributed by atoms with van der Waals surface area (Å²) in [5, 5.41) is 0.662. The molecule has 0 amide bonds. The number of fused-ring (bicyclic) bond motifs is 1. The Labute approximate surface area is 121 Å². The minimum atomic E-state index is -0.370. The first kappa shape index (κ1) is 12.6. The van der Waals surface area contributed by atoms with Crippen LogP contribution in [0.2, 0.25) is 0 Å². The number of benzene rings is 2. The molecule has 5 heteroatoms. The highest BCUT2D eigenvalue weighted by Crippen LogP contribution is 2.26. The molecule has 1 aromatic heterocycles. The Kier molecular flexibility index (Phi) is 3.03. The van der Waals surface area contributed by atoms with Crippen molar-refractivity contribution in [1.82, 2.24) is 3.96 Å². The first-order chi connectivity index (χ1) is 9.08. The van der Waals surface area contributed by atoms with Crippen molar-refractivity contribution < 1.29 is 4.39 Å². The largest absolute Gasteiger partial charge is 0.273 e. The van der Waals surface area contributed by atoms with E-state index in [1.165, 1.54) is 21.6 Å². The summed E-state index contributed by atoms with van der Waals surface area (Å²) < 4.78 is 16.5. The number of nitrogens with zero attached hydrogens (tertiary/aromatic N) is 1. The van der Waals surface area contributed by atoms with Gasteiger partial charge in [0.25, 0.3) is 5.56 Å². The molecule has 2 aromatic carbocycles. The number of rotatable bonds is 1. The van der Waals surface area contributed by atoms with Crippen LogP contribution < -0.4 is 5.56 Å². The van der Waals surface area contributed by atoms with E-state index in [9.17, 15) is 9.18 Å². The molecule has 0 aliphatic carbocycles. The van der Waals surface area contributed by atoms with Gasteiger partial charge in [-0.15, -0.1) is 0 Å². The molecule has 1 heterocycles. The molecule has 0 bridgehead atoms. The molecule has 96 valence electrons. The van der Waals surface area contributed by atoms with Crippen LogP contribution in [-0.4, -0.2) is 3.96 Å². The van der Waals surface area contributed by atoms with Crippen molar-refractivity contribution in [1.29, 1.82) is 0 Å². The summed E-state index contributed by atoms with van der Waals surface area (Å²) in [5.41, 5.74) is 1.33. The monoisotopic (exact) mass is 337 g/mol. The van der Waals surface area contributed by atoms with Crippen molar-refractivity contribution in [3.8, 4) is 5.69 Å². The van der Waals surface area contributed by atoms with Gasteiger partial charge in [0.05, 0.1) is 20.2 Å². The molecule has 0 unspecified atom stereocenters. The van der Waals surface area contributed by atoms with Crippen LogP contribution in [0.3, 0.4) is 0 Å². The second kappa shape index (κ2) is 4.58. The maximum atomic E-state index is 13.7. The van der Waals surface area contributed by atoms with Gasteiger partial charge in [0, 0.05) is 6.07 Å². The average molecular weight is 338 g/mol. The summed E-state index contributed by atoms with van der Waals surface area (Å²) in [5.74, 6) is -0.370. The topological polar surface area (TPSA) is 22.0 Å². The zero-order chi connectivity index (χ0) is 13.6. The first-order valence-electron chi connectivity index (χ1n) is 5.65. The summed E-state index contributed by atoms with van der Waals surface area (Å²) in [6, 6.07) is 10.5. The second-order valence-corrected chi connectivity index (χ2v) is 6.08. The maximum Gasteiger partial charge on any atom is 0.273 e. The third-order valence-corrected chi connectivity index (χ3v) is 4.65. The fourth-order valence-electron chi connectivity index (χ4n) is 1.99. The number of aryl methyl sites for hydroxylation is 1. The molecular formula is C14H9BrFNOS. The molecule has 3 rings (SSSR count). The zero-order valence-corrected chi connectivity index (χ0v) is 12.4. The molecule has 0 aliphatic heterocycles. The van der Waals surface area contributed by atoms with Gasteiger partial charge in [-0.25, -0.2) is 8.35 Å². The van der Waals surface area contributed by atoms with Crippen molar-refractivity contribution in [2.24, 2.45) is 0 Å². The van der Waals surface area contributed by atoms with Crippen molar-refractivity contribution in [3.05, 3.63) is 62.6 Å². The summed E-state index contributed by atoms with van der Waals surface area (Å²) in [7, 11) is 0. The lowest BCUT2D eigenvalue weighted by atomic mass is 10.2. The fourth-order valence-corrected chi connectivity index (χ4v) is 3.51. The van der Waals surface area contributed by atoms with Gasteiger partial charge in [0.1, 0.15) is 5.82 Å². The van der Waals surface area contributed by atoms with Gasteiger partial charge in [-0.05, 0) is 46.6 Å². The lowest BCUT2D eigenvalue weighted by molar-refractivity contribution is 0.619. The predicted octanol–water partition coefficient (Wildman–Crippen LogP) is 4.26. The quantitative estimate of drug-likeness (QED) is 0.650. The molecule has 0 atom stereocenters. The fraction of sp³-hybridized carbons (Fsp3) is 0.0714. The lowest BCUT2D eigenvalue weighted by Crippen LogP contribution is -2.12. The normalized spacial score (nSPS) is 11.1. The minimum absolute atomic E-state index is 0.106. The van der Waals surface area contributed by atoms with Crippen molar-refractivity contribution in [2.45, 2.75) is 6.92 Å². The van der Waals surface area contributed by atoms with Gasteiger partial charge in [-0.2, -0.15) is 0 Å². The van der Waals surface area contributed by atoms with E-state index >= 15 is 0 Å². The third-order valence-electron chi connectivity index (χ3n) is 2.95. The van der Waals surface area contributed by atoms with Gasteiger partial charge in [-0.3, -0.25) is 4.79 Å². The van der Waals surface area contributed by atoms with Crippen LogP contribution in [0.1, 0.15) is 5.56 Å². The van der Waals surface area contributed by atoms with E-state index in [4.69, 9.17) is 0 Å². The van der Waals surface area contributed by atoms with Crippen LogP contribution in [-0.2, 0) is 0 Å². The Morgan fingerprint density at radius 3 is 2.74 bits per heavy atom. The van der Waals surface area contributed by atoms with Crippen molar-refractivity contribution in [2.75, 3.05) is 0 Å². The van der Waals surface area contributed by atoms with Crippen LogP contribution in [0, 0.1) is 12.7 Å². The minimum Gasteiger partial charge on any atom is -0.267 e. The second-order valence-electron chi connectivity index (χ2n) is 4.24. The zero-order valence-electron chi connectivity index (χ0n) is 9.98. The van der Waals surface area contributed by atoms with E-state index in [-0.39, 0.29) is 11.4 Å². The predicted molar refractivity (Wildman–Crippen MR) is 79.8 cm³/mol. The van der Waals surface area contributed by atoms with Crippen LogP contribution >= 0.6 is 27.5 Å². The molecule has 0 saturated heterocycles. The third kappa shape index (κ3) is 2.03. The highest BCUT2D eigenvalue weighted by molar-refractivity contribution is 9.10. The average Bonchev–Trinajstić information content (AvgIpc) is 2.72. The molecule has 0 N–H and O–H groups in total. The van der Waals surface area contributed by atoms with E-state index in [0.717, 1.165) is 10.3 Å². The Morgan fingerprint density at radius 2 is 2.00 bits per heavy atom. The van der Waals surface area contributed by atoms with Gasteiger partial charge in [0.15, 0.2) is 0 Å². The van der Waals surface area contributed by atoms with E-state index < -0.39 is 0 Å². The summed E-state index contributed by atoms with van der Waals surface area (Å²) in [6.45, 7) is 1.86. The summed E-state index contributed by atoms with van der Waals surface area (Å²) >= 11 is 4.47. The van der Waals surface area contributed by atoms with E-state index in [1.54, 1.807) is 12.1 Å². The smallest absolute Gasteiger partial charge is 0.267 e. The molecule has 0 saturated carbocycles. The summed E-state index contributed by atoms with van der Waals surface area (Å²) in [6.07, 6.45) is 0. The molecule has 0 radical (unpaired) electrons. The van der Waals surface area contributed by atoms with Crippen LogP contribution in [0.5, 0.6) is 0 Å². The number of hydrogen-bond donors (Lipinski definition) is 0. The molecule has 0 aliphatic rings. The lowest BCUT2D eigenvalue weighted by Gasteiger charge is -2.06. The molecule has 0 spiro atoms. The van der Waals surface area contributed by atoms with Crippen LogP contribution in [0.25, 0.3) is 15.8 Å². The van der Waals surface area contributed by atoms with E-state index in [0.29, 0.717) is 15.5 Å². The Bertz CT molecular complexity index is 837. The van der Waals surface area contributed by atoms with Gasteiger partial charge in [0.2, 0.25) is 0 Å². The summed E-state index contributed by atoms with van der Waals surface area (Å²) in [4.78, 5) is 12.3. The number of halogens is 2. The maximum absolute atomic E-state index is 13.7. The Morgan fingerprint density at radius 1 is 1.26 bits per heavy atom. The van der Waals surface area contributed by atoms with Crippen molar-refractivity contribution >= 4 is 37.5 Å². The van der Waals surface area contributed by atoms with Gasteiger partial charge >= 0.3 is 0 Å². The van der Waals surface area contributed by atoms with Crippen LogP contribution in [0.15, 0.2) is 45.7 Å². The van der Waals surface area contributed by atoms with Gasteiger partial charge in [-0.1, -0.05) is 23.7 Å². The molecule has 3 aromatic rings. The highest BCUT2D eigenvalue weighted by Gasteiger charge is 2.12. The van der Waals surface area contributed by atoms with E-state index in [1.807, 2.05) is 25.1 Å².